The van der Waals surface area contributed by atoms with E-state index >= 15 is 0 Å². The van der Waals surface area contributed by atoms with E-state index in [9.17, 15) is 0 Å². The average molecular weight is 265 g/mol. The number of thioether (sulfide) groups is 1. The standard InChI is InChI=1S/C16H27NS/c1-4-15(5-2)14-17(6-3)12-13-18-16-10-8-7-9-11-16/h7-11,15H,4-6,12-14H2,1-3H3. The second-order valence-corrected chi connectivity index (χ2v) is 5.91. The first-order chi connectivity index (χ1) is 8.80. The summed E-state index contributed by atoms with van der Waals surface area (Å²) in [7, 11) is 0. The van der Waals surface area contributed by atoms with Crippen molar-refractivity contribution in [3.05, 3.63) is 30.3 Å². The summed E-state index contributed by atoms with van der Waals surface area (Å²) in [5, 5.41) is 0. The van der Waals surface area contributed by atoms with E-state index in [-0.39, 0.29) is 0 Å². The van der Waals surface area contributed by atoms with Gasteiger partial charge in [-0.1, -0.05) is 51.8 Å². The first-order valence-corrected chi connectivity index (χ1v) is 8.18. The Kier molecular flexibility index (Phi) is 8.19. The van der Waals surface area contributed by atoms with Crippen molar-refractivity contribution in [3.63, 3.8) is 0 Å². The van der Waals surface area contributed by atoms with Crippen LogP contribution in [0.5, 0.6) is 0 Å². The summed E-state index contributed by atoms with van der Waals surface area (Å²) >= 11 is 1.96. The first kappa shape index (κ1) is 15.6. The van der Waals surface area contributed by atoms with Crippen molar-refractivity contribution in [3.8, 4) is 0 Å². The molecule has 0 saturated carbocycles. The van der Waals surface area contributed by atoms with E-state index in [1.165, 1.54) is 43.1 Å². The van der Waals surface area contributed by atoms with E-state index in [0.29, 0.717) is 0 Å². The van der Waals surface area contributed by atoms with E-state index in [2.05, 4.69) is 56.0 Å². The van der Waals surface area contributed by atoms with Gasteiger partial charge in [-0.2, -0.15) is 0 Å². The summed E-state index contributed by atoms with van der Waals surface area (Å²) in [6, 6.07) is 10.7. The maximum atomic E-state index is 2.59. The maximum Gasteiger partial charge on any atom is 0.0108 e. The molecule has 102 valence electrons. The Bertz CT molecular complexity index is 295. The van der Waals surface area contributed by atoms with Crippen molar-refractivity contribution in [2.45, 2.75) is 38.5 Å². The summed E-state index contributed by atoms with van der Waals surface area (Å²) in [5.41, 5.74) is 0. The van der Waals surface area contributed by atoms with Crippen LogP contribution in [0.4, 0.5) is 0 Å². The summed E-state index contributed by atoms with van der Waals surface area (Å²) in [6.07, 6.45) is 2.61. The van der Waals surface area contributed by atoms with Crippen LogP contribution < -0.4 is 0 Å². The highest BCUT2D eigenvalue weighted by Crippen LogP contribution is 2.17. The topological polar surface area (TPSA) is 3.24 Å². The fourth-order valence-corrected chi connectivity index (χ4v) is 3.03. The molecule has 1 rings (SSSR count). The smallest absolute Gasteiger partial charge is 0.0108 e. The van der Waals surface area contributed by atoms with Gasteiger partial charge in [0.2, 0.25) is 0 Å². The molecule has 0 aliphatic carbocycles. The molecule has 0 radical (unpaired) electrons. The Balaban J connectivity index is 2.27. The van der Waals surface area contributed by atoms with Gasteiger partial charge < -0.3 is 4.90 Å². The molecule has 0 spiro atoms. The Morgan fingerprint density at radius 1 is 1.06 bits per heavy atom. The molecule has 18 heavy (non-hydrogen) atoms. The zero-order chi connectivity index (χ0) is 13.2. The zero-order valence-electron chi connectivity index (χ0n) is 12.1. The molecular formula is C16H27NS. The fraction of sp³-hybridized carbons (Fsp3) is 0.625. The van der Waals surface area contributed by atoms with E-state index in [1.54, 1.807) is 0 Å². The van der Waals surface area contributed by atoms with Crippen LogP contribution in [0.3, 0.4) is 0 Å². The quantitative estimate of drug-likeness (QED) is 0.603. The summed E-state index contributed by atoms with van der Waals surface area (Å²) < 4.78 is 0. The fourth-order valence-electron chi connectivity index (χ4n) is 2.10. The average Bonchev–Trinajstić information content (AvgIpc) is 2.44. The molecule has 0 atom stereocenters. The van der Waals surface area contributed by atoms with Crippen molar-refractivity contribution in [2.75, 3.05) is 25.4 Å². The van der Waals surface area contributed by atoms with Crippen molar-refractivity contribution in [1.82, 2.24) is 4.90 Å². The molecule has 0 aliphatic rings. The molecule has 0 heterocycles. The number of nitrogens with zero attached hydrogens (tertiary/aromatic N) is 1. The molecule has 0 unspecified atom stereocenters. The highest BCUT2D eigenvalue weighted by molar-refractivity contribution is 7.99. The van der Waals surface area contributed by atoms with Crippen LogP contribution in [-0.4, -0.2) is 30.3 Å². The van der Waals surface area contributed by atoms with Crippen LogP contribution in [0, 0.1) is 5.92 Å². The number of rotatable bonds is 9. The molecule has 2 heteroatoms. The predicted octanol–water partition coefficient (Wildman–Crippen LogP) is 4.54. The number of hydrogen-bond acceptors (Lipinski definition) is 2. The zero-order valence-corrected chi connectivity index (χ0v) is 12.9. The van der Waals surface area contributed by atoms with Gasteiger partial charge in [-0.3, -0.25) is 0 Å². The molecule has 0 saturated heterocycles. The lowest BCUT2D eigenvalue weighted by molar-refractivity contribution is 0.246. The number of hydrogen-bond donors (Lipinski definition) is 0. The minimum Gasteiger partial charge on any atom is -0.303 e. The molecule has 1 aromatic carbocycles. The van der Waals surface area contributed by atoms with E-state index in [1.807, 2.05) is 11.8 Å². The molecular weight excluding hydrogens is 238 g/mol. The molecule has 1 aromatic rings. The minimum absolute atomic E-state index is 0.867. The lowest BCUT2D eigenvalue weighted by Gasteiger charge is -2.24. The van der Waals surface area contributed by atoms with Crippen LogP contribution in [0.2, 0.25) is 0 Å². The lowest BCUT2D eigenvalue weighted by atomic mass is 10.0. The van der Waals surface area contributed by atoms with Gasteiger partial charge in [-0.05, 0) is 24.6 Å². The first-order valence-electron chi connectivity index (χ1n) is 7.20. The van der Waals surface area contributed by atoms with E-state index < -0.39 is 0 Å². The van der Waals surface area contributed by atoms with Gasteiger partial charge in [0.15, 0.2) is 0 Å². The second-order valence-electron chi connectivity index (χ2n) is 4.74. The highest BCUT2D eigenvalue weighted by atomic mass is 32.2. The van der Waals surface area contributed by atoms with Gasteiger partial charge in [0.1, 0.15) is 0 Å². The summed E-state index contributed by atoms with van der Waals surface area (Å²) in [5.74, 6) is 2.06. The van der Waals surface area contributed by atoms with Crippen LogP contribution in [-0.2, 0) is 0 Å². The molecule has 0 fully saturated rings. The van der Waals surface area contributed by atoms with Gasteiger partial charge in [0.25, 0.3) is 0 Å². The van der Waals surface area contributed by atoms with Crippen molar-refractivity contribution in [2.24, 2.45) is 5.92 Å². The van der Waals surface area contributed by atoms with Crippen LogP contribution >= 0.6 is 11.8 Å². The molecule has 0 aliphatic heterocycles. The second kappa shape index (κ2) is 9.46. The van der Waals surface area contributed by atoms with Crippen molar-refractivity contribution < 1.29 is 0 Å². The summed E-state index contributed by atoms with van der Waals surface area (Å²) in [6.45, 7) is 10.5. The third-order valence-electron chi connectivity index (χ3n) is 3.54. The Hall–Kier alpha value is -0.470. The monoisotopic (exact) mass is 265 g/mol. The number of benzene rings is 1. The minimum atomic E-state index is 0.867. The normalized spacial score (nSPS) is 11.4. The Morgan fingerprint density at radius 2 is 1.72 bits per heavy atom. The third kappa shape index (κ3) is 5.92. The van der Waals surface area contributed by atoms with Gasteiger partial charge in [-0.15, -0.1) is 11.8 Å². The van der Waals surface area contributed by atoms with Crippen LogP contribution in [0.25, 0.3) is 0 Å². The van der Waals surface area contributed by atoms with Gasteiger partial charge in [0, 0.05) is 23.7 Å². The van der Waals surface area contributed by atoms with Crippen LogP contribution in [0.15, 0.2) is 35.2 Å². The van der Waals surface area contributed by atoms with Crippen molar-refractivity contribution in [1.29, 1.82) is 0 Å². The van der Waals surface area contributed by atoms with Gasteiger partial charge >= 0.3 is 0 Å². The van der Waals surface area contributed by atoms with Gasteiger partial charge in [-0.25, -0.2) is 0 Å². The summed E-state index contributed by atoms with van der Waals surface area (Å²) in [4.78, 5) is 3.98. The largest absolute Gasteiger partial charge is 0.303 e. The van der Waals surface area contributed by atoms with Crippen LogP contribution in [0.1, 0.15) is 33.6 Å². The Labute approximate surface area is 117 Å². The SMILES string of the molecule is CCC(CC)CN(CC)CCSc1ccccc1. The molecule has 0 bridgehead atoms. The van der Waals surface area contributed by atoms with E-state index in [0.717, 1.165) is 5.92 Å². The lowest BCUT2D eigenvalue weighted by Crippen LogP contribution is -2.31. The molecule has 0 N–H and O–H groups in total. The molecule has 1 nitrogen and oxygen atoms in total. The maximum absolute atomic E-state index is 2.59. The third-order valence-corrected chi connectivity index (χ3v) is 4.53. The highest BCUT2D eigenvalue weighted by Gasteiger charge is 2.09. The Morgan fingerprint density at radius 3 is 2.28 bits per heavy atom. The van der Waals surface area contributed by atoms with Gasteiger partial charge in [0.05, 0.1) is 0 Å². The predicted molar refractivity (Wildman–Crippen MR) is 83.4 cm³/mol. The molecule has 0 aromatic heterocycles. The molecule has 0 amide bonds. The van der Waals surface area contributed by atoms with Crippen molar-refractivity contribution >= 4 is 11.8 Å². The van der Waals surface area contributed by atoms with E-state index in [4.69, 9.17) is 0 Å².